The van der Waals surface area contributed by atoms with Crippen molar-refractivity contribution in [3.8, 4) is 11.3 Å². The Morgan fingerprint density at radius 3 is 2.76 bits per heavy atom. The molecule has 0 unspecified atom stereocenters. The molecule has 4 rings (SSSR count). The lowest BCUT2D eigenvalue weighted by Crippen LogP contribution is -2.21. The third-order valence-corrected chi connectivity index (χ3v) is 4.93. The van der Waals surface area contributed by atoms with Gasteiger partial charge in [-0.15, -0.1) is 0 Å². The highest BCUT2D eigenvalue weighted by Crippen LogP contribution is 2.32. The minimum Gasteiger partial charge on any atom is -0.361 e. The molecule has 29 heavy (non-hydrogen) atoms. The molecule has 0 spiro atoms. The van der Waals surface area contributed by atoms with Crippen LogP contribution in [0.2, 0.25) is 0 Å². The number of hydrogen-bond donors (Lipinski definition) is 1. The van der Waals surface area contributed by atoms with Crippen LogP contribution in [-0.4, -0.2) is 30.6 Å². The van der Waals surface area contributed by atoms with Crippen molar-refractivity contribution < 1.29 is 9.32 Å². The number of nitrogens with zero attached hydrogens (tertiary/aromatic N) is 5. The van der Waals surface area contributed by atoms with Crippen molar-refractivity contribution in [1.82, 2.24) is 24.7 Å². The first-order valence-electron chi connectivity index (χ1n) is 9.79. The molecule has 0 aliphatic carbocycles. The van der Waals surface area contributed by atoms with E-state index in [2.05, 4.69) is 22.5 Å². The van der Waals surface area contributed by atoms with Crippen LogP contribution in [0.3, 0.4) is 0 Å². The van der Waals surface area contributed by atoms with E-state index >= 15 is 0 Å². The lowest BCUT2D eigenvalue weighted by Gasteiger charge is -2.09. The van der Waals surface area contributed by atoms with Gasteiger partial charge in [-0.05, 0) is 26.3 Å². The summed E-state index contributed by atoms with van der Waals surface area (Å²) in [4.78, 5) is 12.7. The summed E-state index contributed by atoms with van der Waals surface area (Å²) in [6.07, 6.45) is 3.77. The maximum Gasteiger partial charge on any atom is 0.247 e. The average Bonchev–Trinajstić information content (AvgIpc) is 3.39. The number of anilines is 1. The van der Waals surface area contributed by atoms with E-state index in [0.717, 1.165) is 47.2 Å². The van der Waals surface area contributed by atoms with Gasteiger partial charge in [0.1, 0.15) is 23.8 Å². The van der Waals surface area contributed by atoms with Crippen molar-refractivity contribution in [2.45, 2.75) is 46.7 Å². The topological polar surface area (TPSA) is 90.8 Å². The fraction of sp³-hybridized carbons (Fsp3) is 0.333. The predicted molar refractivity (Wildman–Crippen MR) is 110 cm³/mol. The Balaban J connectivity index is 1.62. The van der Waals surface area contributed by atoms with Crippen LogP contribution >= 0.6 is 0 Å². The number of unbranched alkanes of at least 4 members (excludes halogenated alkanes) is 1. The van der Waals surface area contributed by atoms with Gasteiger partial charge >= 0.3 is 0 Å². The van der Waals surface area contributed by atoms with Crippen molar-refractivity contribution in [3.63, 3.8) is 0 Å². The van der Waals surface area contributed by atoms with Crippen LogP contribution in [-0.2, 0) is 17.9 Å². The fourth-order valence-electron chi connectivity index (χ4n) is 3.50. The number of carbonyl (C=O) groups is 1. The zero-order valence-corrected chi connectivity index (χ0v) is 16.8. The number of amides is 1. The molecule has 0 atom stereocenters. The first-order valence-corrected chi connectivity index (χ1v) is 9.79. The van der Waals surface area contributed by atoms with Gasteiger partial charge in [0.05, 0.1) is 23.0 Å². The molecule has 8 nitrogen and oxygen atoms in total. The van der Waals surface area contributed by atoms with Gasteiger partial charge in [-0.3, -0.25) is 9.48 Å². The van der Waals surface area contributed by atoms with Gasteiger partial charge in [0.25, 0.3) is 0 Å². The molecular formula is C21H24N6O2. The highest BCUT2D eigenvalue weighted by Gasteiger charge is 2.20. The molecule has 150 valence electrons. The van der Waals surface area contributed by atoms with Gasteiger partial charge in [-0.1, -0.05) is 36.7 Å². The largest absolute Gasteiger partial charge is 0.361 e. The van der Waals surface area contributed by atoms with Crippen LogP contribution in [0, 0.1) is 13.8 Å². The van der Waals surface area contributed by atoms with Crippen LogP contribution in [0.25, 0.3) is 22.2 Å². The molecule has 0 aliphatic rings. The minimum atomic E-state index is -0.151. The van der Waals surface area contributed by atoms with E-state index in [1.54, 1.807) is 10.9 Å². The van der Waals surface area contributed by atoms with Crippen molar-refractivity contribution >= 4 is 22.6 Å². The molecule has 0 bridgehead atoms. The number of rotatable bonds is 7. The standard InChI is InChI=1S/C21H24N6O2/c1-4-5-12-26-18(10-11-22-26)23-19(28)13-27-17-9-7-6-8-16(17)21(24-27)20-14(2)25-29-15(20)3/h6-11H,4-5,12-13H2,1-3H3,(H,23,28). The van der Waals surface area contributed by atoms with E-state index in [0.29, 0.717) is 11.6 Å². The first kappa shape index (κ1) is 18.9. The number of aryl methyl sites for hydroxylation is 3. The van der Waals surface area contributed by atoms with E-state index < -0.39 is 0 Å². The number of aromatic nitrogens is 5. The molecule has 4 aromatic rings. The minimum absolute atomic E-state index is 0.100. The number of fused-ring (bicyclic) bond motifs is 1. The molecule has 3 heterocycles. The molecule has 0 saturated carbocycles. The normalized spacial score (nSPS) is 11.3. The lowest BCUT2D eigenvalue weighted by molar-refractivity contribution is -0.116. The van der Waals surface area contributed by atoms with Gasteiger partial charge < -0.3 is 9.84 Å². The van der Waals surface area contributed by atoms with E-state index in [1.807, 2.05) is 48.9 Å². The zero-order valence-electron chi connectivity index (χ0n) is 16.8. The second-order valence-corrected chi connectivity index (χ2v) is 7.06. The van der Waals surface area contributed by atoms with Crippen molar-refractivity contribution in [2.24, 2.45) is 0 Å². The number of benzene rings is 1. The van der Waals surface area contributed by atoms with Crippen molar-refractivity contribution in [1.29, 1.82) is 0 Å². The maximum atomic E-state index is 12.7. The Morgan fingerprint density at radius 1 is 1.17 bits per heavy atom. The third-order valence-electron chi connectivity index (χ3n) is 4.93. The summed E-state index contributed by atoms with van der Waals surface area (Å²) in [5.74, 6) is 1.26. The molecule has 1 amide bonds. The SMILES string of the molecule is CCCCn1nccc1NC(=O)Cn1nc(-c2c(C)noc2C)c2ccccc21. The highest BCUT2D eigenvalue weighted by molar-refractivity contribution is 5.96. The third kappa shape index (κ3) is 3.65. The quantitative estimate of drug-likeness (QED) is 0.514. The number of carbonyl (C=O) groups excluding carboxylic acids is 1. The second kappa shape index (κ2) is 7.90. The van der Waals surface area contributed by atoms with Crippen LogP contribution in [0.1, 0.15) is 31.2 Å². The van der Waals surface area contributed by atoms with E-state index in [1.165, 1.54) is 0 Å². The summed E-state index contributed by atoms with van der Waals surface area (Å²) < 4.78 is 8.85. The van der Waals surface area contributed by atoms with Gasteiger partial charge in [0.15, 0.2) is 0 Å². The molecule has 0 saturated heterocycles. The second-order valence-electron chi connectivity index (χ2n) is 7.06. The monoisotopic (exact) mass is 392 g/mol. The Labute approximate surface area is 168 Å². The van der Waals surface area contributed by atoms with Crippen LogP contribution in [0.15, 0.2) is 41.1 Å². The van der Waals surface area contributed by atoms with E-state index in [-0.39, 0.29) is 12.5 Å². The summed E-state index contributed by atoms with van der Waals surface area (Å²) in [6, 6.07) is 9.67. The van der Waals surface area contributed by atoms with E-state index in [9.17, 15) is 4.79 Å². The molecule has 0 radical (unpaired) electrons. The summed E-state index contributed by atoms with van der Waals surface area (Å²) in [5.41, 5.74) is 3.31. The summed E-state index contributed by atoms with van der Waals surface area (Å²) >= 11 is 0. The summed E-state index contributed by atoms with van der Waals surface area (Å²) in [7, 11) is 0. The smallest absolute Gasteiger partial charge is 0.247 e. The van der Waals surface area contributed by atoms with Crippen molar-refractivity contribution in [3.05, 3.63) is 48.0 Å². The molecule has 3 aromatic heterocycles. The Morgan fingerprint density at radius 2 is 2.00 bits per heavy atom. The molecule has 0 fully saturated rings. The zero-order chi connectivity index (χ0) is 20.4. The van der Waals surface area contributed by atoms with Gasteiger partial charge in [0.2, 0.25) is 5.91 Å². The Bertz CT molecular complexity index is 1130. The van der Waals surface area contributed by atoms with Crippen LogP contribution in [0.4, 0.5) is 5.82 Å². The molecule has 8 heteroatoms. The van der Waals surface area contributed by atoms with Crippen LogP contribution < -0.4 is 5.32 Å². The van der Waals surface area contributed by atoms with E-state index in [4.69, 9.17) is 9.62 Å². The maximum absolute atomic E-state index is 12.7. The number of para-hydroxylation sites is 1. The molecule has 1 N–H and O–H groups in total. The Kier molecular flexibility index (Phi) is 5.16. The highest BCUT2D eigenvalue weighted by atomic mass is 16.5. The van der Waals surface area contributed by atoms with Gasteiger partial charge in [-0.2, -0.15) is 10.2 Å². The number of hydrogen-bond acceptors (Lipinski definition) is 5. The Hall–Kier alpha value is -3.42. The molecule has 1 aromatic carbocycles. The summed E-state index contributed by atoms with van der Waals surface area (Å²) in [6.45, 7) is 6.76. The summed E-state index contributed by atoms with van der Waals surface area (Å²) in [5, 5.41) is 17.0. The lowest BCUT2D eigenvalue weighted by atomic mass is 10.1. The molecule has 0 aliphatic heterocycles. The average molecular weight is 392 g/mol. The predicted octanol–water partition coefficient (Wildman–Crippen LogP) is 3.94. The van der Waals surface area contributed by atoms with Gasteiger partial charge in [-0.25, -0.2) is 4.68 Å². The van der Waals surface area contributed by atoms with Crippen LogP contribution in [0.5, 0.6) is 0 Å². The van der Waals surface area contributed by atoms with Crippen molar-refractivity contribution in [2.75, 3.05) is 5.32 Å². The molecular weight excluding hydrogens is 368 g/mol. The fourth-order valence-corrected chi connectivity index (χ4v) is 3.50. The van der Waals surface area contributed by atoms with Gasteiger partial charge in [0, 0.05) is 18.0 Å². The number of nitrogens with one attached hydrogen (secondary N) is 1. The first-order chi connectivity index (χ1) is 14.1.